The quantitative estimate of drug-likeness (QED) is 0.893. The van der Waals surface area contributed by atoms with Gasteiger partial charge in [-0.25, -0.2) is 0 Å². The fourth-order valence-corrected chi connectivity index (χ4v) is 2.75. The maximum Gasteiger partial charge on any atom is 0.122 e. The second-order valence-electron chi connectivity index (χ2n) is 4.99. The van der Waals surface area contributed by atoms with Gasteiger partial charge in [-0.15, -0.1) is 0 Å². The molecule has 0 heterocycles. The Kier molecular flexibility index (Phi) is 4.48. The number of aliphatic hydroxyl groups is 1. The van der Waals surface area contributed by atoms with Gasteiger partial charge in [0.1, 0.15) is 11.5 Å². The molecule has 2 rings (SSSR count). The SMILES string of the molecule is COc1ccc(OC)c(CC2CCCCC2O)c1. The van der Waals surface area contributed by atoms with Gasteiger partial charge >= 0.3 is 0 Å². The van der Waals surface area contributed by atoms with Gasteiger partial charge in [-0.05, 0) is 48.9 Å². The van der Waals surface area contributed by atoms with Crippen molar-refractivity contribution in [1.29, 1.82) is 0 Å². The van der Waals surface area contributed by atoms with Gasteiger partial charge in [0, 0.05) is 0 Å². The Morgan fingerprint density at radius 2 is 1.94 bits per heavy atom. The lowest BCUT2D eigenvalue weighted by Crippen LogP contribution is -2.26. The fraction of sp³-hybridized carbons (Fsp3) is 0.600. The van der Waals surface area contributed by atoms with E-state index >= 15 is 0 Å². The van der Waals surface area contributed by atoms with E-state index in [2.05, 4.69) is 0 Å². The summed E-state index contributed by atoms with van der Waals surface area (Å²) in [5.41, 5.74) is 1.13. The van der Waals surface area contributed by atoms with Crippen molar-refractivity contribution < 1.29 is 14.6 Å². The summed E-state index contributed by atoms with van der Waals surface area (Å²) in [6.07, 6.45) is 5.08. The number of benzene rings is 1. The van der Waals surface area contributed by atoms with Crippen molar-refractivity contribution in [2.45, 2.75) is 38.2 Å². The lowest BCUT2D eigenvalue weighted by Gasteiger charge is -2.28. The maximum atomic E-state index is 10.0. The molecule has 100 valence electrons. The molecule has 0 bridgehead atoms. The molecule has 2 atom stereocenters. The molecule has 0 aromatic heterocycles. The van der Waals surface area contributed by atoms with E-state index in [9.17, 15) is 5.11 Å². The molecule has 3 nitrogen and oxygen atoms in total. The zero-order valence-corrected chi connectivity index (χ0v) is 11.2. The zero-order valence-electron chi connectivity index (χ0n) is 11.2. The Bertz CT molecular complexity index is 389. The maximum absolute atomic E-state index is 10.0. The number of hydrogen-bond donors (Lipinski definition) is 1. The molecule has 1 aromatic rings. The van der Waals surface area contributed by atoms with Gasteiger partial charge in [0.15, 0.2) is 0 Å². The summed E-state index contributed by atoms with van der Waals surface area (Å²) in [5.74, 6) is 2.07. The first-order chi connectivity index (χ1) is 8.74. The first-order valence-corrected chi connectivity index (χ1v) is 6.63. The molecule has 18 heavy (non-hydrogen) atoms. The Morgan fingerprint density at radius 3 is 2.61 bits per heavy atom. The molecule has 2 unspecified atom stereocenters. The lowest BCUT2D eigenvalue weighted by atomic mass is 9.82. The van der Waals surface area contributed by atoms with E-state index in [1.165, 1.54) is 6.42 Å². The van der Waals surface area contributed by atoms with Crippen molar-refractivity contribution in [3.63, 3.8) is 0 Å². The Hall–Kier alpha value is -1.22. The van der Waals surface area contributed by atoms with Crippen LogP contribution in [0.15, 0.2) is 18.2 Å². The first-order valence-electron chi connectivity index (χ1n) is 6.63. The van der Waals surface area contributed by atoms with Crippen molar-refractivity contribution in [3.05, 3.63) is 23.8 Å². The number of rotatable bonds is 4. The molecule has 1 fully saturated rings. The number of ether oxygens (including phenoxy) is 2. The highest BCUT2D eigenvalue weighted by Crippen LogP contribution is 2.32. The smallest absolute Gasteiger partial charge is 0.122 e. The third-order valence-corrected chi connectivity index (χ3v) is 3.84. The van der Waals surface area contributed by atoms with Crippen molar-refractivity contribution in [2.75, 3.05) is 14.2 Å². The minimum absolute atomic E-state index is 0.172. The summed E-state index contributed by atoms with van der Waals surface area (Å²) in [5, 5.41) is 10.0. The molecule has 1 aliphatic carbocycles. The highest BCUT2D eigenvalue weighted by atomic mass is 16.5. The van der Waals surface area contributed by atoms with E-state index < -0.39 is 0 Å². The van der Waals surface area contributed by atoms with Crippen LogP contribution in [0.1, 0.15) is 31.2 Å². The second kappa shape index (κ2) is 6.10. The average Bonchev–Trinajstić information content (AvgIpc) is 2.41. The van der Waals surface area contributed by atoms with Crippen LogP contribution < -0.4 is 9.47 Å². The highest BCUT2D eigenvalue weighted by molar-refractivity contribution is 5.40. The summed E-state index contributed by atoms with van der Waals surface area (Å²) in [4.78, 5) is 0. The Labute approximate surface area is 109 Å². The Balaban J connectivity index is 2.15. The highest BCUT2D eigenvalue weighted by Gasteiger charge is 2.24. The van der Waals surface area contributed by atoms with Gasteiger partial charge in [0.05, 0.1) is 20.3 Å². The van der Waals surface area contributed by atoms with E-state index in [0.29, 0.717) is 5.92 Å². The van der Waals surface area contributed by atoms with Crippen molar-refractivity contribution in [2.24, 2.45) is 5.92 Å². The van der Waals surface area contributed by atoms with Crippen LogP contribution in [0.25, 0.3) is 0 Å². The lowest BCUT2D eigenvalue weighted by molar-refractivity contribution is 0.0697. The zero-order chi connectivity index (χ0) is 13.0. The summed E-state index contributed by atoms with van der Waals surface area (Å²) in [6.45, 7) is 0. The fourth-order valence-electron chi connectivity index (χ4n) is 2.75. The third kappa shape index (κ3) is 2.96. The number of hydrogen-bond acceptors (Lipinski definition) is 3. The van der Waals surface area contributed by atoms with Gasteiger partial charge < -0.3 is 14.6 Å². The summed E-state index contributed by atoms with van der Waals surface area (Å²) in [7, 11) is 3.35. The molecular formula is C15H22O3. The molecule has 0 radical (unpaired) electrons. The van der Waals surface area contributed by atoms with Crippen LogP contribution >= 0.6 is 0 Å². The molecule has 0 aliphatic heterocycles. The largest absolute Gasteiger partial charge is 0.497 e. The first kappa shape index (κ1) is 13.2. The Morgan fingerprint density at radius 1 is 1.17 bits per heavy atom. The molecule has 0 amide bonds. The van der Waals surface area contributed by atoms with Crippen LogP contribution in [0.2, 0.25) is 0 Å². The molecule has 1 aliphatic rings. The van der Waals surface area contributed by atoms with E-state index in [1.807, 2.05) is 18.2 Å². The monoisotopic (exact) mass is 250 g/mol. The predicted molar refractivity (Wildman–Crippen MR) is 71.2 cm³/mol. The number of aliphatic hydroxyl groups excluding tert-OH is 1. The molecule has 1 saturated carbocycles. The van der Waals surface area contributed by atoms with Crippen LogP contribution in [-0.4, -0.2) is 25.4 Å². The van der Waals surface area contributed by atoms with Crippen LogP contribution in [0.3, 0.4) is 0 Å². The van der Waals surface area contributed by atoms with E-state index in [0.717, 1.165) is 42.7 Å². The third-order valence-electron chi connectivity index (χ3n) is 3.84. The molecule has 0 spiro atoms. The van der Waals surface area contributed by atoms with Crippen LogP contribution in [0.5, 0.6) is 11.5 Å². The minimum Gasteiger partial charge on any atom is -0.497 e. The van der Waals surface area contributed by atoms with Crippen LogP contribution in [0.4, 0.5) is 0 Å². The second-order valence-corrected chi connectivity index (χ2v) is 4.99. The van der Waals surface area contributed by atoms with Gasteiger partial charge in [-0.1, -0.05) is 12.8 Å². The van der Waals surface area contributed by atoms with Gasteiger partial charge in [-0.3, -0.25) is 0 Å². The number of methoxy groups -OCH3 is 2. The average molecular weight is 250 g/mol. The molecule has 1 N–H and O–H groups in total. The summed E-state index contributed by atoms with van der Waals surface area (Å²) < 4.78 is 10.6. The minimum atomic E-state index is -0.172. The van der Waals surface area contributed by atoms with Crippen LogP contribution in [-0.2, 0) is 6.42 Å². The molecule has 3 heteroatoms. The molecular weight excluding hydrogens is 228 g/mol. The molecule has 0 saturated heterocycles. The van der Waals surface area contributed by atoms with Gasteiger partial charge in [0.25, 0.3) is 0 Å². The topological polar surface area (TPSA) is 38.7 Å². The van der Waals surface area contributed by atoms with Gasteiger partial charge in [0.2, 0.25) is 0 Å². The van der Waals surface area contributed by atoms with Gasteiger partial charge in [-0.2, -0.15) is 0 Å². The van der Waals surface area contributed by atoms with Crippen molar-refractivity contribution >= 4 is 0 Å². The predicted octanol–water partition coefficient (Wildman–Crippen LogP) is 2.80. The standard InChI is InChI=1S/C15H22O3/c1-17-13-7-8-15(18-2)12(10-13)9-11-5-3-4-6-14(11)16/h7-8,10-11,14,16H,3-6,9H2,1-2H3. The van der Waals surface area contributed by atoms with E-state index in [-0.39, 0.29) is 6.10 Å². The van der Waals surface area contributed by atoms with Crippen LogP contribution in [0, 0.1) is 5.92 Å². The van der Waals surface area contributed by atoms with Crippen molar-refractivity contribution in [3.8, 4) is 11.5 Å². The van der Waals surface area contributed by atoms with Crippen molar-refractivity contribution in [1.82, 2.24) is 0 Å². The van der Waals surface area contributed by atoms with E-state index in [4.69, 9.17) is 9.47 Å². The molecule has 1 aromatic carbocycles. The summed E-state index contributed by atoms with van der Waals surface area (Å²) >= 11 is 0. The normalized spacial score (nSPS) is 23.7. The summed E-state index contributed by atoms with van der Waals surface area (Å²) in [6, 6.07) is 5.85. The van der Waals surface area contributed by atoms with E-state index in [1.54, 1.807) is 14.2 Å².